The van der Waals surface area contributed by atoms with Crippen molar-refractivity contribution in [2.45, 2.75) is 32.2 Å². The maximum absolute atomic E-state index is 10.6. The second-order valence-corrected chi connectivity index (χ2v) is 5.13. The first-order chi connectivity index (χ1) is 9.16. The number of nitrogens with one attached hydrogen (secondary N) is 1. The molecule has 0 aliphatic carbocycles. The average Bonchev–Trinajstić information content (AvgIpc) is 2.46. The van der Waals surface area contributed by atoms with Crippen LogP contribution in [0.1, 0.15) is 26.2 Å². The number of piperidine rings is 1. The van der Waals surface area contributed by atoms with Crippen LogP contribution < -0.4 is 5.32 Å². The smallest absolute Gasteiger partial charge is 0.269 e. The standard InChI is InChI=1S/C14H21N3O2/c1-12(16-9-3-2-4-10-16)11-15-13-5-7-14(8-6-13)17(18)19/h5-8,12,15H,2-4,9-11H2,1H3. The third kappa shape index (κ3) is 3.92. The molecule has 5 heteroatoms. The molecule has 1 aromatic carbocycles. The number of hydrogen-bond donors (Lipinski definition) is 1. The van der Waals surface area contributed by atoms with E-state index in [9.17, 15) is 10.1 Å². The zero-order valence-corrected chi connectivity index (χ0v) is 11.3. The number of benzene rings is 1. The van der Waals surface area contributed by atoms with Crippen LogP contribution >= 0.6 is 0 Å². The van der Waals surface area contributed by atoms with E-state index in [0.29, 0.717) is 6.04 Å². The number of nitro benzene ring substituents is 1. The highest BCUT2D eigenvalue weighted by molar-refractivity contribution is 5.48. The predicted octanol–water partition coefficient (Wildman–Crippen LogP) is 2.88. The number of rotatable bonds is 5. The Bertz CT molecular complexity index is 413. The van der Waals surface area contributed by atoms with Crippen molar-refractivity contribution in [2.24, 2.45) is 0 Å². The lowest BCUT2D eigenvalue weighted by Crippen LogP contribution is -2.41. The molecule has 1 saturated heterocycles. The highest BCUT2D eigenvalue weighted by Crippen LogP contribution is 2.16. The van der Waals surface area contributed by atoms with Crippen molar-refractivity contribution in [3.63, 3.8) is 0 Å². The molecule has 1 N–H and O–H groups in total. The number of hydrogen-bond acceptors (Lipinski definition) is 4. The van der Waals surface area contributed by atoms with Crippen LogP contribution in [0.15, 0.2) is 24.3 Å². The van der Waals surface area contributed by atoms with E-state index in [2.05, 4.69) is 17.1 Å². The quantitative estimate of drug-likeness (QED) is 0.655. The normalized spacial score (nSPS) is 17.9. The van der Waals surface area contributed by atoms with Gasteiger partial charge in [-0.05, 0) is 45.0 Å². The molecule has 1 fully saturated rings. The summed E-state index contributed by atoms with van der Waals surface area (Å²) in [5.74, 6) is 0. The van der Waals surface area contributed by atoms with E-state index in [-0.39, 0.29) is 10.6 Å². The lowest BCUT2D eigenvalue weighted by molar-refractivity contribution is -0.384. The number of nitrogens with zero attached hydrogens (tertiary/aromatic N) is 2. The lowest BCUT2D eigenvalue weighted by Gasteiger charge is -2.32. The van der Waals surface area contributed by atoms with Gasteiger partial charge in [-0.25, -0.2) is 0 Å². The van der Waals surface area contributed by atoms with Gasteiger partial charge in [0.05, 0.1) is 4.92 Å². The Morgan fingerprint density at radius 1 is 1.26 bits per heavy atom. The summed E-state index contributed by atoms with van der Waals surface area (Å²) in [6.45, 7) is 5.47. The van der Waals surface area contributed by atoms with Crippen molar-refractivity contribution in [2.75, 3.05) is 25.0 Å². The van der Waals surface area contributed by atoms with Crippen LogP contribution in [0.4, 0.5) is 11.4 Å². The summed E-state index contributed by atoms with van der Waals surface area (Å²) in [6.07, 6.45) is 3.93. The molecule has 1 aliphatic heterocycles. The molecule has 1 unspecified atom stereocenters. The fourth-order valence-electron chi connectivity index (χ4n) is 2.45. The highest BCUT2D eigenvalue weighted by atomic mass is 16.6. The average molecular weight is 263 g/mol. The largest absolute Gasteiger partial charge is 0.383 e. The van der Waals surface area contributed by atoms with Gasteiger partial charge in [-0.15, -0.1) is 0 Å². The molecule has 0 aromatic heterocycles. The fourth-order valence-corrected chi connectivity index (χ4v) is 2.45. The molecule has 0 spiro atoms. The van der Waals surface area contributed by atoms with Gasteiger partial charge in [0.2, 0.25) is 0 Å². The van der Waals surface area contributed by atoms with Crippen molar-refractivity contribution >= 4 is 11.4 Å². The highest BCUT2D eigenvalue weighted by Gasteiger charge is 2.16. The van der Waals surface area contributed by atoms with E-state index >= 15 is 0 Å². The molecule has 0 radical (unpaired) electrons. The summed E-state index contributed by atoms with van der Waals surface area (Å²) in [6, 6.07) is 7.10. The Labute approximate surface area is 113 Å². The molecular formula is C14H21N3O2. The van der Waals surface area contributed by atoms with Gasteiger partial charge in [-0.3, -0.25) is 15.0 Å². The Balaban J connectivity index is 1.82. The number of non-ortho nitro benzene ring substituents is 1. The molecule has 5 nitrogen and oxygen atoms in total. The van der Waals surface area contributed by atoms with Crippen LogP contribution in [0.25, 0.3) is 0 Å². The third-order valence-electron chi connectivity index (χ3n) is 3.69. The predicted molar refractivity (Wildman–Crippen MR) is 76.5 cm³/mol. The van der Waals surface area contributed by atoms with E-state index < -0.39 is 0 Å². The van der Waals surface area contributed by atoms with Crippen LogP contribution in [-0.4, -0.2) is 35.5 Å². The summed E-state index contributed by atoms with van der Waals surface area (Å²) in [5, 5.41) is 13.9. The van der Waals surface area contributed by atoms with Gasteiger partial charge in [0.15, 0.2) is 0 Å². The zero-order chi connectivity index (χ0) is 13.7. The van der Waals surface area contributed by atoms with E-state index in [1.54, 1.807) is 12.1 Å². The summed E-state index contributed by atoms with van der Waals surface area (Å²) < 4.78 is 0. The molecule has 1 aromatic rings. The molecule has 1 heterocycles. The Kier molecular flexibility index (Phi) is 4.74. The summed E-state index contributed by atoms with van der Waals surface area (Å²) in [7, 11) is 0. The second-order valence-electron chi connectivity index (χ2n) is 5.13. The molecule has 0 amide bonds. The van der Waals surface area contributed by atoms with Crippen LogP contribution in [0, 0.1) is 10.1 Å². The summed E-state index contributed by atoms with van der Waals surface area (Å²) >= 11 is 0. The summed E-state index contributed by atoms with van der Waals surface area (Å²) in [5.41, 5.74) is 1.07. The third-order valence-corrected chi connectivity index (χ3v) is 3.69. The Morgan fingerprint density at radius 2 is 1.89 bits per heavy atom. The molecule has 0 saturated carbocycles. The van der Waals surface area contributed by atoms with Crippen molar-refractivity contribution in [1.82, 2.24) is 4.90 Å². The zero-order valence-electron chi connectivity index (χ0n) is 11.3. The SMILES string of the molecule is CC(CNc1ccc([N+](=O)[O-])cc1)N1CCCCC1. The minimum Gasteiger partial charge on any atom is -0.383 e. The van der Waals surface area contributed by atoms with E-state index in [0.717, 1.165) is 12.2 Å². The van der Waals surface area contributed by atoms with Gasteiger partial charge >= 0.3 is 0 Å². The van der Waals surface area contributed by atoms with Gasteiger partial charge in [0, 0.05) is 30.4 Å². The molecule has 19 heavy (non-hydrogen) atoms. The number of likely N-dealkylation sites (tertiary alicyclic amines) is 1. The Morgan fingerprint density at radius 3 is 2.47 bits per heavy atom. The minimum absolute atomic E-state index is 0.134. The van der Waals surface area contributed by atoms with Crippen molar-refractivity contribution in [1.29, 1.82) is 0 Å². The van der Waals surface area contributed by atoms with Crippen LogP contribution in [0.5, 0.6) is 0 Å². The maximum Gasteiger partial charge on any atom is 0.269 e. The molecule has 0 bridgehead atoms. The molecule has 104 valence electrons. The summed E-state index contributed by atoms with van der Waals surface area (Å²) in [4.78, 5) is 12.7. The fraction of sp³-hybridized carbons (Fsp3) is 0.571. The lowest BCUT2D eigenvalue weighted by atomic mass is 10.1. The van der Waals surface area contributed by atoms with Gasteiger partial charge in [-0.1, -0.05) is 6.42 Å². The van der Waals surface area contributed by atoms with Gasteiger partial charge in [0.1, 0.15) is 0 Å². The van der Waals surface area contributed by atoms with Crippen molar-refractivity contribution in [3.05, 3.63) is 34.4 Å². The van der Waals surface area contributed by atoms with Gasteiger partial charge < -0.3 is 5.32 Å². The first-order valence-electron chi connectivity index (χ1n) is 6.89. The van der Waals surface area contributed by atoms with Crippen LogP contribution in [0.3, 0.4) is 0 Å². The van der Waals surface area contributed by atoms with E-state index in [4.69, 9.17) is 0 Å². The van der Waals surface area contributed by atoms with Gasteiger partial charge in [-0.2, -0.15) is 0 Å². The van der Waals surface area contributed by atoms with Crippen molar-refractivity contribution < 1.29 is 4.92 Å². The van der Waals surface area contributed by atoms with Crippen LogP contribution in [0.2, 0.25) is 0 Å². The second kappa shape index (κ2) is 6.52. The molecule has 1 aliphatic rings. The van der Waals surface area contributed by atoms with Crippen LogP contribution in [-0.2, 0) is 0 Å². The molecular weight excluding hydrogens is 242 g/mol. The van der Waals surface area contributed by atoms with Crippen molar-refractivity contribution in [3.8, 4) is 0 Å². The van der Waals surface area contributed by atoms with E-state index in [1.165, 1.54) is 44.5 Å². The molecule has 1 atom stereocenters. The molecule has 2 rings (SSSR count). The Hall–Kier alpha value is -1.62. The van der Waals surface area contributed by atoms with Gasteiger partial charge in [0.25, 0.3) is 5.69 Å². The maximum atomic E-state index is 10.6. The van der Waals surface area contributed by atoms with E-state index in [1.807, 2.05) is 0 Å². The number of anilines is 1. The first kappa shape index (κ1) is 13.8. The first-order valence-corrected chi connectivity index (χ1v) is 6.89. The monoisotopic (exact) mass is 263 g/mol. The number of nitro groups is 1. The topological polar surface area (TPSA) is 58.4 Å². The minimum atomic E-state index is -0.375.